The van der Waals surface area contributed by atoms with E-state index in [4.69, 9.17) is 4.74 Å². The quantitative estimate of drug-likeness (QED) is 0.827. The molecule has 1 aromatic carbocycles. The second-order valence-corrected chi connectivity index (χ2v) is 6.73. The van der Waals surface area contributed by atoms with E-state index in [-0.39, 0.29) is 17.7 Å². The zero-order valence-electron chi connectivity index (χ0n) is 13.7. The number of amides is 1. The van der Waals surface area contributed by atoms with Crippen LogP contribution in [0.1, 0.15) is 35.2 Å². The Morgan fingerprint density at radius 1 is 1.17 bits per heavy atom. The molecule has 6 nitrogen and oxygen atoms in total. The van der Waals surface area contributed by atoms with Crippen LogP contribution in [0.4, 0.5) is 5.69 Å². The normalized spacial score (nSPS) is 27.8. The van der Waals surface area contributed by atoms with E-state index < -0.39 is 23.8 Å². The van der Waals surface area contributed by atoms with Crippen LogP contribution in [0.15, 0.2) is 18.2 Å². The summed E-state index contributed by atoms with van der Waals surface area (Å²) in [5, 5.41) is 12.3. The molecule has 2 N–H and O–H groups in total. The fraction of sp³-hybridized carbons (Fsp3) is 0.500. The van der Waals surface area contributed by atoms with Gasteiger partial charge < -0.3 is 15.2 Å². The number of anilines is 1. The highest BCUT2D eigenvalue weighted by Crippen LogP contribution is 2.52. The third-order valence-corrected chi connectivity index (χ3v) is 5.42. The van der Waals surface area contributed by atoms with Crippen molar-refractivity contribution < 1.29 is 24.2 Å². The lowest BCUT2D eigenvalue weighted by atomic mass is 9.78. The van der Waals surface area contributed by atoms with Crippen molar-refractivity contribution >= 4 is 23.5 Å². The van der Waals surface area contributed by atoms with E-state index in [1.807, 2.05) is 6.92 Å². The van der Waals surface area contributed by atoms with E-state index in [2.05, 4.69) is 5.32 Å². The minimum absolute atomic E-state index is 0.103. The van der Waals surface area contributed by atoms with Crippen LogP contribution in [0.2, 0.25) is 0 Å². The van der Waals surface area contributed by atoms with Gasteiger partial charge in [-0.2, -0.15) is 0 Å². The maximum atomic E-state index is 12.7. The van der Waals surface area contributed by atoms with Crippen LogP contribution in [0.25, 0.3) is 0 Å². The topological polar surface area (TPSA) is 92.7 Å². The van der Waals surface area contributed by atoms with Crippen molar-refractivity contribution in [1.82, 2.24) is 0 Å². The number of carbonyl (C=O) groups excluding carboxylic acids is 2. The highest BCUT2D eigenvalue weighted by atomic mass is 16.5. The number of fused-ring (bicyclic) bond motifs is 2. The summed E-state index contributed by atoms with van der Waals surface area (Å²) in [5.41, 5.74) is 1.68. The standard InChI is InChI=1S/C18H21NO5/c1-9-3-4-12(18(23)24-2)8-13(9)19-16(20)14-10-5-6-11(7-10)15(14)17(21)22/h3-4,8,10-11,14-15H,5-7H2,1-2H3,(H,19,20)(H,21,22). The zero-order valence-corrected chi connectivity index (χ0v) is 13.7. The van der Waals surface area contributed by atoms with Gasteiger partial charge in [0.25, 0.3) is 0 Å². The number of aryl methyl sites for hydroxylation is 1. The second kappa shape index (κ2) is 6.26. The molecule has 0 radical (unpaired) electrons. The summed E-state index contributed by atoms with van der Waals surface area (Å²) in [6.07, 6.45) is 2.62. The largest absolute Gasteiger partial charge is 0.481 e. The lowest BCUT2D eigenvalue weighted by molar-refractivity contribution is -0.148. The van der Waals surface area contributed by atoms with E-state index in [9.17, 15) is 19.5 Å². The van der Waals surface area contributed by atoms with Crippen molar-refractivity contribution in [3.63, 3.8) is 0 Å². The van der Waals surface area contributed by atoms with E-state index in [1.165, 1.54) is 7.11 Å². The van der Waals surface area contributed by atoms with Crippen LogP contribution in [-0.2, 0) is 14.3 Å². The first-order valence-electron chi connectivity index (χ1n) is 8.15. The first kappa shape index (κ1) is 16.5. The average Bonchev–Trinajstić information content (AvgIpc) is 3.17. The van der Waals surface area contributed by atoms with Crippen molar-refractivity contribution in [2.75, 3.05) is 12.4 Å². The molecule has 0 aromatic heterocycles. The van der Waals surface area contributed by atoms with E-state index in [1.54, 1.807) is 18.2 Å². The molecule has 2 aliphatic rings. The summed E-state index contributed by atoms with van der Waals surface area (Å²) in [6, 6.07) is 4.94. The van der Waals surface area contributed by atoms with Gasteiger partial charge in [0.05, 0.1) is 24.5 Å². The third kappa shape index (κ3) is 2.77. The van der Waals surface area contributed by atoms with E-state index in [0.717, 1.165) is 24.8 Å². The molecule has 2 aliphatic carbocycles. The van der Waals surface area contributed by atoms with Crippen molar-refractivity contribution in [3.05, 3.63) is 29.3 Å². The summed E-state index contributed by atoms with van der Waals surface area (Å²) >= 11 is 0. The molecule has 6 heteroatoms. The highest BCUT2D eigenvalue weighted by molar-refractivity contribution is 5.98. The Morgan fingerprint density at radius 3 is 2.46 bits per heavy atom. The zero-order chi connectivity index (χ0) is 17.4. The predicted molar refractivity (Wildman–Crippen MR) is 86.6 cm³/mol. The Balaban J connectivity index is 1.82. The molecule has 0 saturated heterocycles. The molecule has 1 amide bonds. The lowest BCUT2D eigenvalue weighted by Gasteiger charge is -2.27. The number of ether oxygens (including phenoxy) is 1. The minimum Gasteiger partial charge on any atom is -0.481 e. The van der Waals surface area contributed by atoms with Gasteiger partial charge in [-0.3, -0.25) is 9.59 Å². The summed E-state index contributed by atoms with van der Waals surface area (Å²) in [4.78, 5) is 36.0. The Labute approximate surface area is 140 Å². The van der Waals surface area contributed by atoms with Crippen molar-refractivity contribution in [3.8, 4) is 0 Å². The molecule has 2 bridgehead atoms. The van der Waals surface area contributed by atoms with Crippen molar-refractivity contribution in [1.29, 1.82) is 0 Å². The number of aliphatic carboxylic acids is 1. The number of benzene rings is 1. The van der Waals surface area contributed by atoms with Crippen LogP contribution in [-0.4, -0.2) is 30.1 Å². The number of hydrogen-bond acceptors (Lipinski definition) is 4. The van der Waals surface area contributed by atoms with Gasteiger partial charge in [-0.05, 0) is 55.7 Å². The van der Waals surface area contributed by atoms with Crippen molar-refractivity contribution in [2.24, 2.45) is 23.7 Å². The van der Waals surface area contributed by atoms with Crippen LogP contribution in [0.3, 0.4) is 0 Å². The first-order valence-corrected chi connectivity index (χ1v) is 8.15. The fourth-order valence-corrected chi connectivity index (χ4v) is 4.24. The molecule has 2 fully saturated rings. The maximum absolute atomic E-state index is 12.7. The number of esters is 1. The highest BCUT2D eigenvalue weighted by Gasteiger charge is 2.54. The molecule has 24 heavy (non-hydrogen) atoms. The number of methoxy groups -OCH3 is 1. The number of nitrogens with one attached hydrogen (secondary N) is 1. The van der Waals surface area contributed by atoms with Gasteiger partial charge in [-0.25, -0.2) is 4.79 Å². The first-order chi connectivity index (χ1) is 11.4. The second-order valence-electron chi connectivity index (χ2n) is 6.73. The molecule has 4 atom stereocenters. The number of rotatable bonds is 4. The fourth-order valence-electron chi connectivity index (χ4n) is 4.24. The molecule has 0 spiro atoms. The average molecular weight is 331 g/mol. The summed E-state index contributed by atoms with van der Waals surface area (Å²) < 4.78 is 4.70. The van der Waals surface area contributed by atoms with Crippen molar-refractivity contribution in [2.45, 2.75) is 26.2 Å². The Bertz CT molecular complexity index is 699. The molecule has 0 aliphatic heterocycles. The van der Waals surface area contributed by atoms with Crippen LogP contribution >= 0.6 is 0 Å². The minimum atomic E-state index is -0.887. The summed E-state index contributed by atoms with van der Waals surface area (Å²) in [6.45, 7) is 1.83. The smallest absolute Gasteiger partial charge is 0.337 e. The van der Waals surface area contributed by atoms with Gasteiger partial charge in [-0.15, -0.1) is 0 Å². The Kier molecular flexibility index (Phi) is 4.30. The van der Waals surface area contributed by atoms with Crippen LogP contribution < -0.4 is 5.32 Å². The lowest BCUT2D eigenvalue weighted by Crippen LogP contribution is -2.38. The SMILES string of the molecule is COC(=O)c1ccc(C)c(NC(=O)C2C3CCC(C3)C2C(=O)O)c1. The number of carboxylic acid groups (broad SMARTS) is 1. The predicted octanol–water partition coefficient (Wildman–Crippen LogP) is 2.47. The van der Waals surface area contributed by atoms with Crippen LogP contribution in [0, 0.1) is 30.6 Å². The van der Waals surface area contributed by atoms with Crippen LogP contribution in [0.5, 0.6) is 0 Å². The molecule has 2 saturated carbocycles. The number of carbonyl (C=O) groups is 3. The molecular formula is C18H21NO5. The van der Waals surface area contributed by atoms with E-state index >= 15 is 0 Å². The Hall–Kier alpha value is -2.37. The van der Waals surface area contributed by atoms with Gasteiger partial charge in [-0.1, -0.05) is 6.07 Å². The number of hydrogen-bond donors (Lipinski definition) is 2. The van der Waals surface area contributed by atoms with Gasteiger partial charge in [0, 0.05) is 5.69 Å². The molecule has 4 unspecified atom stereocenters. The molecular weight excluding hydrogens is 310 g/mol. The van der Waals surface area contributed by atoms with Gasteiger partial charge in [0.2, 0.25) is 5.91 Å². The molecule has 3 rings (SSSR count). The third-order valence-electron chi connectivity index (χ3n) is 5.42. The van der Waals surface area contributed by atoms with Gasteiger partial charge >= 0.3 is 11.9 Å². The monoisotopic (exact) mass is 331 g/mol. The summed E-state index contributed by atoms with van der Waals surface area (Å²) in [5.74, 6) is -2.49. The maximum Gasteiger partial charge on any atom is 0.337 e. The molecule has 0 heterocycles. The molecule has 128 valence electrons. The van der Waals surface area contributed by atoms with E-state index in [0.29, 0.717) is 11.3 Å². The summed E-state index contributed by atoms with van der Waals surface area (Å²) in [7, 11) is 1.30. The van der Waals surface area contributed by atoms with Gasteiger partial charge in [0.1, 0.15) is 0 Å². The molecule has 1 aromatic rings. The number of carboxylic acids is 1. The van der Waals surface area contributed by atoms with Gasteiger partial charge in [0.15, 0.2) is 0 Å². The Morgan fingerprint density at radius 2 is 1.83 bits per heavy atom.